The fourth-order valence-corrected chi connectivity index (χ4v) is 2.93. The van der Waals surface area contributed by atoms with Gasteiger partial charge in [0.05, 0.1) is 17.9 Å². The standard InChI is InChI=1S/C17H16N6O3/c1-9(2)16(24)21-10-3-4-12-11(5-10)15-18-7-20-23(15)6-13-14(17(25)26)19-8-22(12)13/h3-5,7-9H,6H2,1-2H3,(H,21,24)(H,25,26). The van der Waals surface area contributed by atoms with Gasteiger partial charge in [-0.25, -0.2) is 19.4 Å². The molecule has 0 atom stereocenters. The molecular weight excluding hydrogens is 336 g/mol. The van der Waals surface area contributed by atoms with Crippen LogP contribution in [0.25, 0.3) is 17.1 Å². The summed E-state index contributed by atoms with van der Waals surface area (Å²) in [7, 11) is 0. The number of hydrogen-bond acceptors (Lipinski definition) is 5. The summed E-state index contributed by atoms with van der Waals surface area (Å²) in [6, 6.07) is 5.40. The topological polar surface area (TPSA) is 115 Å². The number of fused-ring (bicyclic) bond motifs is 5. The normalized spacial score (nSPS) is 12.1. The molecule has 3 aromatic rings. The van der Waals surface area contributed by atoms with Gasteiger partial charge in [0, 0.05) is 17.2 Å². The number of hydrogen-bond donors (Lipinski definition) is 2. The third kappa shape index (κ3) is 2.44. The lowest BCUT2D eigenvalue weighted by Gasteiger charge is -2.12. The molecule has 0 unspecified atom stereocenters. The highest BCUT2D eigenvalue weighted by atomic mass is 16.4. The molecule has 26 heavy (non-hydrogen) atoms. The Morgan fingerprint density at radius 2 is 2.08 bits per heavy atom. The van der Waals surface area contributed by atoms with E-state index in [-0.39, 0.29) is 24.1 Å². The van der Waals surface area contributed by atoms with Crippen LogP contribution < -0.4 is 5.32 Å². The van der Waals surface area contributed by atoms with Gasteiger partial charge in [0.2, 0.25) is 5.91 Å². The van der Waals surface area contributed by atoms with E-state index < -0.39 is 5.97 Å². The zero-order chi connectivity index (χ0) is 18.4. The van der Waals surface area contributed by atoms with Crippen LogP contribution in [0.5, 0.6) is 0 Å². The lowest BCUT2D eigenvalue weighted by atomic mass is 10.1. The number of benzene rings is 1. The van der Waals surface area contributed by atoms with E-state index in [1.54, 1.807) is 15.3 Å². The van der Waals surface area contributed by atoms with Crippen LogP contribution in [0.1, 0.15) is 30.0 Å². The summed E-state index contributed by atoms with van der Waals surface area (Å²) in [5, 5.41) is 16.5. The van der Waals surface area contributed by atoms with Gasteiger partial charge in [0.15, 0.2) is 11.5 Å². The SMILES string of the molecule is CC(C)C(=O)Nc1ccc2c(c1)-c1ncnn1Cc1c(C(=O)O)ncn1-2. The lowest BCUT2D eigenvalue weighted by molar-refractivity contribution is -0.118. The van der Waals surface area contributed by atoms with E-state index >= 15 is 0 Å². The molecule has 2 N–H and O–H groups in total. The molecule has 1 aliphatic heterocycles. The van der Waals surface area contributed by atoms with E-state index in [4.69, 9.17) is 0 Å². The minimum absolute atomic E-state index is 0.0171. The van der Waals surface area contributed by atoms with Crippen molar-refractivity contribution in [3.8, 4) is 17.1 Å². The number of anilines is 1. The largest absolute Gasteiger partial charge is 0.476 e. The first-order valence-corrected chi connectivity index (χ1v) is 8.08. The molecule has 0 bridgehead atoms. The Balaban J connectivity index is 1.89. The summed E-state index contributed by atoms with van der Waals surface area (Å²) in [5.41, 5.74) is 2.60. The molecule has 2 aromatic heterocycles. The molecule has 4 rings (SSSR count). The molecular formula is C17H16N6O3. The third-order valence-corrected chi connectivity index (χ3v) is 4.27. The van der Waals surface area contributed by atoms with Crippen molar-refractivity contribution in [2.75, 3.05) is 5.32 Å². The second-order valence-electron chi connectivity index (χ2n) is 6.33. The van der Waals surface area contributed by atoms with E-state index in [1.807, 2.05) is 26.0 Å². The van der Waals surface area contributed by atoms with Gasteiger partial charge in [0.1, 0.15) is 12.7 Å². The van der Waals surface area contributed by atoms with Gasteiger partial charge in [-0.1, -0.05) is 13.8 Å². The summed E-state index contributed by atoms with van der Waals surface area (Å²) in [4.78, 5) is 31.8. The second kappa shape index (κ2) is 5.80. The van der Waals surface area contributed by atoms with Crippen LogP contribution in [0.4, 0.5) is 5.69 Å². The Morgan fingerprint density at radius 3 is 2.81 bits per heavy atom. The predicted octanol–water partition coefficient (Wildman–Crippen LogP) is 1.79. The van der Waals surface area contributed by atoms with Crippen molar-refractivity contribution in [3.63, 3.8) is 0 Å². The highest BCUT2D eigenvalue weighted by molar-refractivity contribution is 5.93. The quantitative estimate of drug-likeness (QED) is 0.581. The van der Waals surface area contributed by atoms with E-state index in [2.05, 4.69) is 20.4 Å². The zero-order valence-electron chi connectivity index (χ0n) is 14.2. The Labute approximate surface area is 148 Å². The summed E-state index contributed by atoms with van der Waals surface area (Å²) in [5.74, 6) is -0.724. The lowest BCUT2D eigenvalue weighted by Crippen LogP contribution is -2.17. The van der Waals surface area contributed by atoms with Crippen LogP contribution in [0, 0.1) is 5.92 Å². The first-order chi connectivity index (χ1) is 12.5. The van der Waals surface area contributed by atoms with Crippen LogP contribution in [0.2, 0.25) is 0 Å². The van der Waals surface area contributed by atoms with Crippen LogP contribution in [0.3, 0.4) is 0 Å². The Kier molecular flexibility index (Phi) is 3.57. The molecule has 1 aliphatic rings. The summed E-state index contributed by atoms with van der Waals surface area (Å²) >= 11 is 0. The smallest absolute Gasteiger partial charge is 0.356 e. The molecule has 0 radical (unpaired) electrons. The highest BCUT2D eigenvalue weighted by Gasteiger charge is 2.26. The molecule has 0 fully saturated rings. The molecule has 0 spiro atoms. The minimum atomic E-state index is -1.09. The number of nitrogens with one attached hydrogen (secondary N) is 1. The van der Waals surface area contributed by atoms with Crippen molar-refractivity contribution in [3.05, 3.63) is 42.2 Å². The average Bonchev–Trinajstić information content (AvgIpc) is 3.20. The van der Waals surface area contributed by atoms with Crippen LogP contribution >= 0.6 is 0 Å². The number of nitrogens with zero attached hydrogens (tertiary/aromatic N) is 5. The third-order valence-electron chi connectivity index (χ3n) is 4.27. The van der Waals surface area contributed by atoms with E-state index in [0.717, 1.165) is 11.3 Å². The van der Waals surface area contributed by atoms with Gasteiger partial charge < -0.3 is 10.4 Å². The van der Waals surface area contributed by atoms with Gasteiger partial charge in [-0.15, -0.1) is 0 Å². The van der Waals surface area contributed by atoms with Crippen LogP contribution in [-0.4, -0.2) is 41.3 Å². The fourth-order valence-electron chi connectivity index (χ4n) is 2.93. The van der Waals surface area contributed by atoms with Gasteiger partial charge in [0.25, 0.3) is 0 Å². The van der Waals surface area contributed by atoms with Crippen molar-refractivity contribution in [1.82, 2.24) is 24.3 Å². The predicted molar refractivity (Wildman–Crippen MR) is 92.1 cm³/mol. The summed E-state index contributed by atoms with van der Waals surface area (Å²) < 4.78 is 3.35. The number of carbonyl (C=O) groups is 2. The molecule has 3 heterocycles. The maximum absolute atomic E-state index is 12.0. The number of amides is 1. The monoisotopic (exact) mass is 352 g/mol. The number of imidazole rings is 1. The molecule has 0 saturated heterocycles. The van der Waals surface area contributed by atoms with E-state index in [0.29, 0.717) is 17.2 Å². The number of aromatic nitrogens is 5. The first kappa shape index (κ1) is 16.0. The molecule has 132 valence electrons. The van der Waals surface area contributed by atoms with Gasteiger partial charge in [-0.05, 0) is 18.2 Å². The number of aromatic carboxylic acids is 1. The number of carboxylic acid groups (broad SMARTS) is 1. The molecule has 9 nitrogen and oxygen atoms in total. The first-order valence-electron chi connectivity index (χ1n) is 8.08. The van der Waals surface area contributed by atoms with Crippen molar-refractivity contribution in [1.29, 1.82) is 0 Å². The van der Waals surface area contributed by atoms with Crippen LogP contribution in [-0.2, 0) is 11.3 Å². The second-order valence-corrected chi connectivity index (χ2v) is 6.33. The fraction of sp³-hybridized carbons (Fsp3) is 0.235. The maximum atomic E-state index is 12.0. The van der Waals surface area contributed by atoms with Gasteiger partial charge in [-0.2, -0.15) is 5.10 Å². The van der Waals surface area contributed by atoms with Crippen molar-refractivity contribution < 1.29 is 14.7 Å². The van der Waals surface area contributed by atoms with Gasteiger partial charge >= 0.3 is 5.97 Å². The average molecular weight is 352 g/mol. The Bertz CT molecular complexity index is 1030. The minimum Gasteiger partial charge on any atom is -0.476 e. The summed E-state index contributed by atoms with van der Waals surface area (Å²) in [6.45, 7) is 3.88. The highest BCUT2D eigenvalue weighted by Crippen LogP contribution is 2.33. The molecule has 9 heteroatoms. The van der Waals surface area contributed by atoms with Crippen molar-refractivity contribution >= 4 is 17.6 Å². The molecule has 1 aromatic carbocycles. The van der Waals surface area contributed by atoms with Crippen molar-refractivity contribution in [2.24, 2.45) is 5.92 Å². The van der Waals surface area contributed by atoms with E-state index in [9.17, 15) is 14.7 Å². The maximum Gasteiger partial charge on any atom is 0.356 e. The zero-order valence-corrected chi connectivity index (χ0v) is 14.2. The van der Waals surface area contributed by atoms with Crippen LogP contribution in [0.15, 0.2) is 30.9 Å². The number of rotatable bonds is 3. The van der Waals surface area contributed by atoms with E-state index in [1.165, 1.54) is 12.7 Å². The van der Waals surface area contributed by atoms with Crippen molar-refractivity contribution in [2.45, 2.75) is 20.4 Å². The molecule has 0 saturated carbocycles. The number of carboxylic acids is 1. The van der Waals surface area contributed by atoms with Gasteiger partial charge in [-0.3, -0.25) is 9.36 Å². The molecule has 0 aliphatic carbocycles. The Morgan fingerprint density at radius 1 is 1.27 bits per heavy atom. The number of carbonyl (C=O) groups excluding carboxylic acids is 1. The molecule has 1 amide bonds. The summed E-state index contributed by atoms with van der Waals surface area (Å²) in [6.07, 6.45) is 2.90. The Hall–Kier alpha value is -3.49.